The second-order valence-corrected chi connectivity index (χ2v) is 4.93. The molecule has 0 aromatic heterocycles. The van der Waals surface area contributed by atoms with Gasteiger partial charge in [0, 0.05) is 0 Å². The Labute approximate surface area is 81.9 Å². The Morgan fingerprint density at radius 3 is 2.38 bits per heavy atom. The number of aliphatic hydroxyl groups is 1. The van der Waals surface area contributed by atoms with E-state index in [0.717, 1.165) is 6.42 Å². The normalized spacial score (nSPS) is 40.6. The number of rotatable bonds is 0. The van der Waals surface area contributed by atoms with Gasteiger partial charge in [-0.3, -0.25) is 0 Å². The summed E-state index contributed by atoms with van der Waals surface area (Å²) in [6.45, 7) is 10.6. The molecule has 0 spiro atoms. The Morgan fingerprint density at radius 1 is 1.38 bits per heavy atom. The van der Waals surface area contributed by atoms with E-state index >= 15 is 0 Å². The van der Waals surface area contributed by atoms with E-state index in [0.29, 0.717) is 11.8 Å². The van der Waals surface area contributed by atoms with Crippen molar-refractivity contribution < 1.29 is 5.11 Å². The molecule has 1 aliphatic carbocycles. The van der Waals surface area contributed by atoms with Crippen molar-refractivity contribution in [3.8, 4) is 0 Å². The van der Waals surface area contributed by atoms with Crippen LogP contribution in [0.5, 0.6) is 0 Å². The molecule has 0 aromatic rings. The first-order chi connectivity index (χ1) is 5.87. The van der Waals surface area contributed by atoms with Gasteiger partial charge in [-0.25, -0.2) is 0 Å². The smallest absolute Gasteiger partial charge is 0.0859 e. The van der Waals surface area contributed by atoms with Crippen molar-refractivity contribution in [2.75, 3.05) is 0 Å². The summed E-state index contributed by atoms with van der Waals surface area (Å²) in [7, 11) is 0. The number of hydrogen-bond donors (Lipinski definition) is 1. The molecule has 0 radical (unpaired) electrons. The van der Waals surface area contributed by atoms with Crippen molar-refractivity contribution in [2.24, 2.45) is 11.8 Å². The fourth-order valence-electron chi connectivity index (χ4n) is 2.46. The first-order valence-corrected chi connectivity index (χ1v) is 5.26. The maximum atomic E-state index is 10.4. The van der Waals surface area contributed by atoms with Crippen LogP contribution in [0.3, 0.4) is 0 Å². The monoisotopic (exact) mass is 182 g/mol. The predicted octanol–water partition coefficient (Wildman–Crippen LogP) is 3.14. The van der Waals surface area contributed by atoms with Gasteiger partial charge in [0.1, 0.15) is 0 Å². The fraction of sp³-hybridized carbons (Fsp3) is 0.833. The minimum absolute atomic E-state index is 0.381. The lowest BCUT2D eigenvalue weighted by molar-refractivity contribution is -0.00389. The topological polar surface area (TPSA) is 20.2 Å². The van der Waals surface area contributed by atoms with Gasteiger partial charge < -0.3 is 5.11 Å². The summed E-state index contributed by atoms with van der Waals surface area (Å²) < 4.78 is 0. The highest BCUT2D eigenvalue weighted by Gasteiger charge is 2.39. The zero-order valence-corrected chi connectivity index (χ0v) is 9.52. The molecular formula is C12H22O. The van der Waals surface area contributed by atoms with E-state index in [1.807, 2.05) is 6.92 Å². The predicted molar refractivity (Wildman–Crippen MR) is 56.6 cm³/mol. The first kappa shape index (κ1) is 10.8. The summed E-state index contributed by atoms with van der Waals surface area (Å²) in [5.41, 5.74) is 1.98. The Kier molecular flexibility index (Phi) is 2.86. The molecule has 0 saturated heterocycles. The SMILES string of the molecule is CC(C)=C1CC[C@@H](C)[C@H](C)C1(C)O. The van der Waals surface area contributed by atoms with E-state index in [2.05, 4.69) is 27.7 Å². The molecular weight excluding hydrogens is 160 g/mol. The molecule has 0 amide bonds. The third-order valence-electron chi connectivity index (χ3n) is 3.80. The Balaban J connectivity index is 3.00. The summed E-state index contributed by atoms with van der Waals surface area (Å²) in [5, 5.41) is 10.4. The van der Waals surface area contributed by atoms with Gasteiger partial charge in [-0.15, -0.1) is 0 Å². The van der Waals surface area contributed by atoms with E-state index in [-0.39, 0.29) is 0 Å². The van der Waals surface area contributed by atoms with Crippen LogP contribution in [0.15, 0.2) is 11.1 Å². The van der Waals surface area contributed by atoms with Crippen LogP contribution >= 0.6 is 0 Å². The maximum absolute atomic E-state index is 10.4. The van der Waals surface area contributed by atoms with Crippen molar-refractivity contribution >= 4 is 0 Å². The van der Waals surface area contributed by atoms with E-state index < -0.39 is 5.60 Å². The molecule has 1 heteroatoms. The average molecular weight is 182 g/mol. The zero-order valence-electron chi connectivity index (χ0n) is 9.52. The highest BCUT2D eigenvalue weighted by molar-refractivity contribution is 5.24. The lowest BCUT2D eigenvalue weighted by atomic mass is 9.67. The van der Waals surface area contributed by atoms with Crippen molar-refractivity contribution in [3.05, 3.63) is 11.1 Å². The van der Waals surface area contributed by atoms with Crippen molar-refractivity contribution in [1.29, 1.82) is 0 Å². The molecule has 13 heavy (non-hydrogen) atoms. The van der Waals surface area contributed by atoms with Gasteiger partial charge >= 0.3 is 0 Å². The van der Waals surface area contributed by atoms with Gasteiger partial charge in [0.05, 0.1) is 5.60 Å². The van der Waals surface area contributed by atoms with Gasteiger partial charge in [-0.1, -0.05) is 19.4 Å². The van der Waals surface area contributed by atoms with Gasteiger partial charge in [0.25, 0.3) is 0 Å². The lowest BCUT2D eigenvalue weighted by Gasteiger charge is -2.42. The molecule has 0 bridgehead atoms. The Bertz CT molecular complexity index is 221. The molecule has 76 valence electrons. The molecule has 1 rings (SSSR count). The second-order valence-electron chi connectivity index (χ2n) is 4.93. The van der Waals surface area contributed by atoms with Crippen molar-refractivity contribution in [2.45, 2.75) is 53.1 Å². The van der Waals surface area contributed by atoms with Gasteiger partial charge in [0.2, 0.25) is 0 Å². The maximum Gasteiger partial charge on any atom is 0.0859 e. The Hall–Kier alpha value is -0.300. The molecule has 1 N–H and O–H groups in total. The molecule has 1 nitrogen and oxygen atoms in total. The standard InChI is InChI=1S/C12H22O/c1-8(2)11-7-6-9(3)10(4)12(11,5)13/h9-10,13H,6-7H2,1-5H3/t9-,10+,12?/m1/s1. The van der Waals surface area contributed by atoms with Crippen LogP contribution in [0.25, 0.3) is 0 Å². The van der Waals surface area contributed by atoms with Crippen LogP contribution in [-0.4, -0.2) is 10.7 Å². The number of hydrogen-bond acceptors (Lipinski definition) is 1. The minimum atomic E-state index is -0.573. The van der Waals surface area contributed by atoms with Crippen molar-refractivity contribution in [1.82, 2.24) is 0 Å². The van der Waals surface area contributed by atoms with Crippen molar-refractivity contribution in [3.63, 3.8) is 0 Å². The third kappa shape index (κ3) is 1.80. The molecule has 0 aliphatic heterocycles. The average Bonchev–Trinajstić information content (AvgIpc) is 1.99. The fourth-order valence-corrected chi connectivity index (χ4v) is 2.46. The van der Waals surface area contributed by atoms with Crippen LogP contribution in [0.2, 0.25) is 0 Å². The van der Waals surface area contributed by atoms with E-state index in [1.165, 1.54) is 17.6 Å². The van der Waals surface area contributed by atoms with Crippen LogP contribution in [0.1, 0.15) is 47.5 Å². The van der Waals surface area contributed by atoms with Gasteiger partial charge in [-0.2, -0.15) is 0 Å². The summed E-state index contributed by atoms with van der Waals surface area (Å²) in [6, 6.07) is 0. The second kappa shape index (κ2) is 3.45. The first-order valence-electron chi connectivity index (χ1n) is 5.26. The molecule has 1 fully saturated rings. The van der Waals surface area contributed by atoms with E-state index in [4.69, 9.17) is 0 Å². The van der Waals surface area contributed by atoms with E-state index in [1.54, 1.807) is 0 Å². The summed E-state index contributed by atoms with van der Waals surface area (Å²) in [5.74, 6) is 1.02. The van der Waals surface area contributed by atoms with Gasteiger partial charge in [-0.05, 0) is 51.0 Å². The third-order valence-corrected chi connectivity index (χ3v) is 3.80. The molecule has 3 atom stereocenters. The Morgan fingerprint density at radius 2 is 1.92 bits per heavy atom. The van der Waals surface area contributed by atoms with Crippen LogP contribution in [0.4, 0.5) is 0 Å². The number of allylic oxidation sites excluding steroid dienone is 1. The van der Waals surface area contributed by atoms with Crippen LogP contribution < -0.4 is 0 Å². The molecule has 0 heterocycles. The largest absolute Gasteiger partial charge is 0.386 e. The molecule has 1 unspecified atom stereocenters. The van der Waals surface area contributed by atoms with E-state index in [9.17, 15) is 5.11 Å². The minimum Gasteiger partial charge on any atom is -0.386 e. The van der Waals surface area contributed by atoms with Crippen LogP contribution in [-0.2, 0) is 0 Å². The summed E-state index contributed by atoms with van der Waals surface area (Å²) in [4.78, 5) is 0. The quantitative estimate of drug-likeness (QED) is 0.571. The lowest BCUT2D eigenvalue weighted by Crippen LogP contribution is -2.42. The van der Waals surface area contributed by atoms with Gasteiger partial charge in [0.15, 0.2) is 0 Å². The summed E-state index contributed by atoms with van der Waals surface area (Å²) >= 11 is 0. The highest BCUT2D eigenvalue weighted by Crippen LogP contribution is 2.42. The highest BCUT2D eigenvalue weighted by atomic mass is 16.3. The zero-order chi connectivity index (χ0) is 10.2. The molecule has 1 aliphatic rings. The van der Waals surface area contributed by atoms with Crippen LogP contribution in [0, 0.1) is 11.8 Å². The summed E-state index contributed by atoms with van der Waals surface area (Å²) in [6.07, 6.45) is 2.29. The molecule has 1 saturated carbocycles. The molecule has 0 aromatic carbocycles.